The second kappa shape index (κ2) is 6.96. The number of sulfonamides is 1. The van der Waals surface area contributed by atoms with Crippen LogP contribution in [0.5, 0.6) is 0 Å². The van der Waals surface area contributed by atoms with Gasteiger partial charge in [0, 0.05) is 13.1 Å². The van der Waals surface area contributed by atoms with E-state index in [9.17, 15) is 12.8 Å². The highest BCUT2D eigenvalue weighted by atomic mass is 32.2. The number of hydrogen-bond donors (Lipinski definition) is 0. The molecule has 2 heterocycles. The van der Waals surface area contributed by atoms with Gasteiger partial charge in [-0.3, -0.25) is 0 Å². The van der Waals surface area contributed by atoms with Gasteiger partial charge >= 0.3 is 0 Å². The maximum Gasteiger partial charge on any atom is 0.252 e. The average molecular weight is 355 g/mol. The van der Waals surface area contributed by atoms with E-state index < -0.39 is 15.8 Å². The topological polar surface area (TPSA) is 85.5 Å². The molecule has 0 radical (unpaired) electrons. The Morgan fingerprint density at radius 1 is 1.33 bits per heavy atom. The van der Waals surface area contributed by atoms with Crippen LogP contribution in [0.15, 0.2) is 33.7 Å². The summed E-state index contributed by atoms with van der Waals surface area (Å²) < 4.78 is 50.7. The van der Waals surface area contributed by atoms with E-state index in [4.69, 9.17) is 9.26 Å². The Morgan fingerprint density at radius 2 is 2.04 bits per heavy atom. The molecule has 0 bridgehead atoms. The highest BCUT2D eigenvalue weighted by Crippen LogP contribution is 2.24. The van der Waals surface area contributed by atoms with E-state index in [1.54, 1.807) is 6.92 Å². The van der Waals surface area contributed by atoms with Crippen molar-refractivity contribution < 1.29 is 22.1 Å². The summed E-state index contributed by atoms with van der Waals surface area (Å²) >= 11 is 0. The maximum atomic E-state index is 13.8. The van der Waals surface area contributed by atoms with Crippen LogP contribution in [0.4, 0.5) is 4.39 Å². The molecule has 1 aliphatic rings. The minimum Gasteiger partial charge on any atom is -0.368 e. The first-order valence-corrected chi connectivity index (χ1v) is 9.06. The molecule has 0 saturated carbocycles. The normalized spacial score (nSPS) is 17.2. The highest BCUT2D eigenvalue weighted by molar-refractivity contribution is 7.89. The van der Waals surface area contributed by atoms with E-state index >= 15 is 0 Å². The molecule has 24 heavy (non-hydrogen) atoms. The van der Waals surface area contributed by atoms with Crippen LogP contribution in [0.1, 0.15) is 24.6 Å². The van der Waals surface area contributed by atoms with Crippen LogP contribution < -0.4 is 0 Å². The third-order valence-electron chi connectivity index (χ3n) is 3.87. The van der Waals surface area contributed by atoms with E-state index in [0.717, 1.165) is 6.07 Å². The molecule has 0 N–H and O–H groups in total. The zero-order valence-electron chi connectivity index (χ0n) is 13.2. The summed E-state index contributed by atoms with van der Waals surface area (Å²) in [6, 6.07) is 5.41. The van der Waals surface area contributed by atoms with Gasteiger partial charge in [-0.25, -0.2) is 12.8 Å². The van der Waals surface area contributed by atoms with Gasteiger partial charge in [-0.2, -0.15) is 9.29 Å². The van der Waals surface area contributed by atoms with Gasteiger partial charge in [-0.15, -0.1) is 0 Å². The third kappa shape index (κ3) is 3.63. The SMILES string of the molecule is Cc1noc(COC2CCN(S(=O)(=O)c3ccccc3F)CC2)n1. The Balaban J connectivity index is 1.57. The Labute approximate surface area is 139 Å². The number of hydrogen-bond acceptors (Lipinski definition) is 6. The summed E-state index contributed by atoms with van der Waals surface area (Å²) in [7, 11) is -3.82. The van der Waals surface area contributed by atoms with Crippen molar-refractivity contribution in [1.82, 2.24) is 14.4 Å². The second-order valence-corrected chi connectivity index (χ2v) is 7.49. The Morgan fingerprint density at radius 3 is 2.67 bits per heavy atom. The van der Waals surface area contributed by atoms with Crippen molar-refractivity contribution in [3.05, 3.63) is 41.8 Å². The fourth-order valence-electron chi connectivity index (χ4n) is 2.62. The van der Waals surface area contributed by atoms with Crippen LogP contribution in [0.2, 0.25) is 0 Å². The minimum atomic E-state index is -3.82. The molecule has 0 aliphatic carbocycles. The number of benzene rings is 1. The predicted molar refractivity (Wildman–Crippen MR) is 82.0 cm³/mol. The molecule has 2 aromatic rings. The molecule has 0 spiro atoms. The molecule has 1 fully saturated rings. The van der Waals surface area contributed by atoms with Crippen LogP contribution in [-0.4, -0.2) is 42.1 Å². The highest BCUT2D eigenvalue weighted by Gasteiger charge is 2.31. The van der Waals surface area contributed by atoms with Gasteiger partial charge in [-0.05, 0) is 31.9 Å². The lowest BCUT2D eigenvalue weighted by atomic mass is 10.1. The van der Waals surface area contributed by atoms with Crippen molar-refractivity contribution in [3.63, 3.8) is 0 Å². The summed E-state index contributed by atoms with van der Waals surface area (Å²) in [4.78, 5) is 3.76. The first kappa shape index (κ1) is 17.0. The lowest BCUT2D eigenvalue weighted by molar-refractivity contribution is -0.00121. The van der Waals surface area contributed by atoms with Gasteiger partial charge in [0.15, 0.2) is 5.82 Å². The molecule has 9 heteroatoms. The molecule has 0 atom stereocenters. The van der Waals surface area contributed by atoms with Gasteiger partial charge in [-0.1, -0.05) is 17.3 Å². The van der Waals surface area contributed by atoms with E-state index in [1.807, 2.05) is 0 Å². The number of ether oxygens (including phenoxy) is 1. The lowest BCUT2D eigenvalue weighted by Crippen LogP contribution is -2.41. The number of piperidine rings is 1. The fourth-order valence-corrected chi connectivity index (χ4v) is 4.15. The number of nitrogens with zero attached hydrogens (tertiary/aromatic N) is 3. The number of aromatic nitrogens is 2. The fraction of sp³-hybridized carbons (Fsp3) is 0.467. The molecule has 0 amide bonds. The molecular formula is C15H18FN3O4S. The lowest BCUT2D eigenvalue weighted by Gasteiger charge is -2.30. The predicted octanol–water partition coefficient (Wildman–Crippen LogP) is 1.89. The summed E-state index contributed by atoms with van der Waals surface area (Å²) in [6.45, 7) is 2.49. The van der Waals surface area contributed by atoms with E-state index in [2.05, 4.69) is 10.1 Å². The Bertz CT molecular complexity index is 801. The van der Waals surface area contributed by atoms with Crippen LogP contribution in [0, 0.1) is 12.7 Å². The van der Waals surface area contributed by atoms with Gasteiger partial charge < -0.3 is 9.26 Å². The van der Waals surface area contributed by atoms with Crippen LogP contribution >= 0.6 is 0 Å². The van der Waals surface area contributed by atoms with E-state index in [1.165, 1.54) is 22.5 Å². The van der Waals surface area contributed by atoms with Crippen LogP contribution in [0.25, 0.3) is 0 Å². The van der Waals surface area contributed by atoms with Crippen molar-refractivity contribution in [2.75, 3.05) is 13.1 Å². The zero-order valence-corrected chi connectivity index (χ0v) is 14.0. The van der Waals surface area contributed by atoms with Gasteiger partial charge in [0.25, 0.3) is 5.89 Å². The monoisotopic (exact) mass is 355 g/mol. The Kier molecular flexibility index (Phi) is 4.93. The van der Waals surface area contributed by atoms with Crippen molar-refractivity contribution in [2.45, 2.75) is 37.4 Å². The van der Waals surface area contributed by atoms with Crippen molar-refractivity contribution >= 4 is 10.0 Å². The summed E-state index contributed by atoms with van der Waals surface area (Å²) in [5.74, 6) is 0.205. The van der Waals surface area contributed by atoms with Crippen molar-refractivity contribution in [2.24, 2.45) is 0 Å². The summed E-state index contributed by atoms with van der Waals surface area (Å²) in [5, 5.41) is 3.68. The molecule has 1 saturated heterocycles. The third-order valence-corrected chi connectivity index (χ3v) is 5.80. The minimum absolute atomic E-state index is 0.0933. The Hall–Kier alpha value is -1.84. The number of halogens is 1. The van der Waals surface area contributed by atoms with Gasteiger partial charge in [0.2, 0.25) is 10.0 Å². The standard InChI is InChI=1S/C15H18FN3O4S/c1-11-17-15(23-18-11)10-22-12-6-8-19(9-7-12)24(20,21)14-5-3-2-4-13(14)16/h2-5,12H,6-10H2,1H3. The molecule has 1 aromatic heterocycles. The van der Waals surface area contributed by atoms with Crippen LogP contribution in [0.3, 0.4) is 0 Å². The number of rotatable bonds is 5. The quantitative estimate of drug-likeness (QED) is 0.814. The van der Waals surface area contributed by atoms with Crippen molar-refractivity contribution in [1.29, 1.82) is 0 Å². The largest absolute Gasteiger partial charge is 0.368 e. The average Bonchev–Trinajstić information content (AvgIpc) is 2.99. The first-order valence-electron chi connectivity index (χ1n) is 7.62. The van der Waals surface area contributed by atoms with Gasteiger partial charge in [0.1, 0.15) is 17.3 Å². The molecule has 3 rings (SSSR count). The molecule has 1 aliphatic heterocycles. The molecule has 0 unspecified atom stereocenters. The summed E-state index contributed by atoms with van der Waals surface area (Å²) in [6.07, 6.45) is 0.964. The molecular weight excluding hydrogens is 337 g/mol. The van der Waals surface area contributed by atoms with Gasteiger partial charge in [0.05, 0.1) is 6.10 Å². The summed E-state index contributed by atoms with van der Waals surface area (Å²) in [5.41, 5.74) is 0. The first-order chi connectivity index (χ1) is 11.5. The molecule has 130 valence electrons. The van der Waals surface area contributed by atoms with E-state index in [-0.39, 0.29) is 30.7 Å². The molecule has 7 nitrogen and oxygen atoms in total. The van der Waals surface area contributed by atoms with Crippen molar-refractivity contribution in [3.8, 4) is 0 Å². The van der Waals surface area contributed by atoms with E-state index in [0.29, 0.717) is 24.6 Å². The maximum absolute atomic E-state index is 13.8. The number of aryl methyl sites for hydroxylation is 1. The van der Waals surface area contributed by atoms with Crippen LogP contribution in [-0.2, 0) is 21.4 Å². The second-order valence-electron chi connectivity index (χ2n) is 5.58. The zero-order chi connectivity index (χ0) is 17.2. The molecule has 1 aromatic carbocycles. The smallest absolute Gasteiger partial charge is 0.252 e.